The van der Waals surface area contributed by atoms with Gasteiger partial charge in [0, 0.05) is 31.6 Å². The number of aryl methyl sites for hydroxylation is 1. The molecule has 0 spiro atoms. The summed E-state index contributed by atoms with van der Waals surface area (Å²) >= 11 is 0. The molecule has 1 aromatic carbocycles. The van der Waals surface area contributed by atoms with Crippen LogP contribution < -0.4 is 5.32 Å². The molecule has 4 aromatic rings. The SMILES string of the molecule is CC(=O)Nc1cn2nc(-c3cnc(C)c(C(=O)N4CCCC(O)(Cc5ccc(F)cc5)C4)c3)ccc2n1. The fraction of sp³-hybridized carbons (Fsp3) is 0.296. The minimum atomic E-state index is -1.09. The maximum atomic E-state index is 13.6. The van der Waals surface area contributed by atoms with Crippen LogP contribution >= 0.6 is 0 Å². The fourth-order valence-corrected chi connectivity index (χ4v) is 4.75. The molecule has 3 aromatic heterocycles. The molecule has 1 unspecified atom stereocenters. The van der Waals surface area contributed by atoms with Crippen molar-refractivity contribution in [2.75, 3.05) is 18.4 Å². The molecule has 2 amide bonds. The molecule has 2 N–H and O–H groups in total. The van der Waals surface area contributed by atoms with Gasteiger partial charge in [-0.3, -0.25) is 14.6 Å². The summed E-state index contributed by atoms with van der Waals surface area (Å²) in [5.41, 5.74) is 2.56. The van der Waals surface area contributed by atoms with Gasteiger partial charge in [-0.05, 0) is 55.7 Å². The number of carbonyl (C=O) groups excluding carboxylic acids is 2. The number of fused-ring (bicyclic) bond motifs is 1. The first-order valence-electron chi connectivity index (χ1n) is 12.1. The van der Waals surface area contributed by atoms with Crippen LogP contribution in [0.25, 0.3) is 16.9 Å². The molecule has 37 heavy (non-hydrogen) atoms. The molecule has 190 valence electrons. The maximum Gasteiger partial charge on any atom is 0.255 e. The summed E-state index contributed by atoms with van der Waals surface area (Å²) in [5, 5.41) is 18.5. The molecule has 0 bridgehead atoms. The number of carbonyl (C=O) groups is 2. The van der Waals surface area contributed by atoms with Crippen LogP contribution in [-0.4, -0.2) is 60.1 Å². The summed E-state index contributed by atoms with van der Waals surface area (Å²) in [5.74, 6) is -0.361. The molecule has 1 aliphatic heterocycles. The number of anilines is 1. The van der Waals surface area contributed by atoms with Crippen molar-refractivity contribution in [3.8, 4) is 11.3 Å². The molecule has 0 aliphatic carbocycles. The Morgan fingerprint density at radius 1 is 1.19 bits per heavy atom. The zero-order valence-electron chi connectivity index (χ0n) is 20.6. The van der Waals surface area contributed by atoms with E-state index < -0.39 is 5.60 Å². The minimum Gasteiger partial charge on any atom is -0.388 e. The van der Waals surface area contributed by atoms with Crippen molar-refractivity contribution in [1.29, 1.82) is 0 Å². The van der Waals surface area contributed by atoms with Crippen molar-refractivity contribution in [3.63, 3.8) is 0 Å². The Bertz CT molecular complexity index is 1490. The van der Waals surface area contributed by atoms with Gasteiger partial charge in [-0.15, -0.1) is 0 Å². The van der Waals surface area contributed by atoms with E-state index in [1.807, 2.05) is 0 Å². The number of amides is 2. The normalized spacial score (nSPS) is 17.7. The average molecular weight is 503 g/mol. The first-order chi connectivity index (χ1) is 17.7. The van der Waals surface area contributed by atoms with Crippen LogP contribution in [0.4, 0.5) is 10.2 Å². The zero-order valence-corrected chi connectivity index (χ0v) is 20.6. The third-order valence-corrected chi connectivity index (χ3v) is 6.53. The van der Waals surface area contributed by atoms with Crippen LogP contribution in [0.2, 0.25) is 0 Å². The van der Waals surface area contributed by atoms with Gasteiger partial charge in [0.05, 0.1) is 35.3 Å². The lowest BCUT2D eigenvalue weighted by Gasteiger charge is -2.39. The number of nitrogens with zero attached hydrogens (tertiary/aromatic N) is 5. The molecule has 1 aliphatic rings. The van der Waals surface area contributed by atoms with Crippen molar-refractivity contribution >= 4 is 23.3 Å². The third kappa shape index (κ3) is 5.34. The van der Waals surface area contributed by atoms with Crippen LogP contribution in [0.3, 0.4) is 0 Å². The van der Waals surface area contributed by atoms with Gasteiger partial charge in [0.2, 0.25) is 5.91 Å². The molecule has 5 rings (SSSR count). The summed E-state index contributed by atoms with van der Waals surface area (Å²) in [6, 6.07) is 11.4. The molecule has 10 heteroatoms. The third-order valence-electron chi connectivity index (χ3n) is 6.53. The van der Waals surface area contributed by atoms with Gasteiger partial charge in [0.25, 0.3) is 5.91 Å². The van der Waals surface area contributed by atoms with E-state index in [2.05, 4.69) is 20.4 Å². The lowest BCUT2D eigenvalue weighted by Crippen LogP contribution is -2.51. The molecule has 0 saturated carbocycles. The Morgan fingerprint density at radius 2 is 1.97 bits per heavy atom. The van der Waals surface area contributed by atoms with E-state index in [9.17, 15) is 19.1 Å². The smallest absolute Gasteiger partial charge is 0.255 e. The number of β-amino-alcohol motifs (C(OH)–C–C–N with tert-alkyl or cyclic N) is 1. The van der Waals surface area contributed by atoms with Gasteiger partial charge in [-0.25, -0.2) is 13.9 Å². The molecule has 1 atom stereocenters. The highest BCUT2D eigenvalue weighted by atomic mass is 19.1. The number of aromatic nitrogens is 4. The summed E-state index contributed by atoms with van der Waals surface area (Å²) in [7, 11) is 0. The second kappa shape index (κ2) is 9.70. The van der Waals surface area contributed by atoms with Crippen molar-refractivity contribution in [3.05, 3.63) is 77.5 Å². The lowest BCUT2D eigenvalue weighted by molar-refractivity contribution is -0.114. The van der Waals surface area contributed by atoms with Crippen LogP contribution in [0.1, 0.15) is 41.4 Å². The van der Waals surface area contributed by atoms with Gasteiger partial charge in [-0.1, -0.05) is 12.1 Å². The monoisotopic (exact) mass is 502 g/mol. The first-order valence-corrected chi connectivity index (χ1v) is 12.1. The number of pyridine rings is 1. The van der Waals surface area contributed by atoms with Crippen LogP contribution in [0.5, 0.6) is 0 Å². The molecule has 1 saturated heterocycles. The topological polar surface area (TPSA) is 113 Å². The van der Waals surface area contributed by atoms with Crippen molar-refractivity contribution in [2.45, 2.75) is 38.7 Å². The fourth-order valence-electron chi connectivity index (χ4n) is 4.75. The van der Waals surface area contributed by atoms with Gasteiger partial charge in [-0.2, -0.15) is 5.10 Å². The second-order valence-electron chi connectivity index (χ2n) is 9.54. The Balaban J connectivity index is 1.38. The van der Waals surface area contributed by atoms with Crippen molar-refractivity contribution in [2.24, 2.45) is 0 Å². The van der Waals surface area contributed by atoms with E-state index in [0.717, 1.165) is 5.56 Å². The van der Waals surface area contributed by atoms with E-state index in [1.165, 1.54) is 19.1 Å². The number of hydrogen-bond donors (Lipinski definition) is 2. The number of likely N-dealkylation sites (tertiary alicyclic amines) is 1. The van der Waals surface area contributed by atoms with E-state index in [4.69, 9.17) is 0 Å². The number of aliphatic hydroxyl groups is 1. The number of nitrogens with one attached hydrogen (secondary N) is 1. The van der Waals surface area contributed by atoms with Crippen molar-refractivity contribution < 1.29 is 19.1 Å². The Morgan fingerprint density at radius 3 is 2.73 bits per heavy atom. The predicted octanol–water partition coefficient (Wildman–Crippen LogP) is 3.41. The summed E-state index contributed by atoms with van der Waals surface area (Å²) in [6.45, 7) is 3.89. The second-order valence-corrected chi connectivity index (χ2v) is 9.54. The number of rotatable bonds is 5. The van der Waals surface area contributed by atoms with Gasteiger partial charge < -0.3 is 15.3 Å². The Labute approximate surface area is 213 Å². The minimum absolute atomic E-state index is 0.179. The van der Waals surface area contributed by atoms with Crippen molar-refractivity contribution in [1.82, 2.24) is 24.5 Å². The Hall–Kier alpha value is -4.18. The Kier molecular flexibility index (Phi) is 6.43. The number of hydrogen-bond acceptors (Lipinski definition) is 6. The lowest BCUT2D eigenvalue weighted by atomic mass is 9.86. The average Bonchev–Trinajstić information content (AvgIpc) is 3.26. The summed E-state index contributed by atoms with van der Waals surface area (Å²) < 4.78 is 14.8. The van der Waals surface area contributed by atoms with E-state index in [-0.39, 0.29) is 24.2 Å². The number of piperidine rings is 1. The van der Waals surface area contributed by atoms with Crippen LogP contribution in [0.15, 0.2) is 54.9 Å². The number of halogens is 1. The molecular formula is C27H27FN6O3. The highest BCUT2D eigenvalue weighted by Gasteiger charge is 2.36. The molecular weight excluding hydrogens is 475 g/mol. The largest absolute Gasteiger partial charge is 0.388 e. The standard InChI is InChI=1S/C27H27FN6O3/c1-17-22(26(36)33-11-3-10-27(37,16-33)13-19-4-6-21(28)7-5-19)12-20(14-29-17)23-8-9-25-31-24(30-18(2)35)15-34(25)32-23/h4-9,12,14-15,37H,3,10-11,13,16H2,1-2H3,(H,30,35). The van der Waals surface area contributed by atoms with E-state index >= 15 is 0 Å². The number of benzene rings is 1. The summed E-state index contributed by atoms with van der Waals surface area (Å²) in [6.07, 6.45) is 4.83. The summed E-state index contributed by atoms with van der Waals surface area (Å²) in [4.78, 5) is 35.3. The van der Waals surface area contributed by atoms with E-state index in [0.29, 0.717) is 59.8 Å². The first kappa shape index (κ1) is 24.5. The van der Waals surface area contributed by atoms with Gasteiger partial charge in [0.1, 0.15) is 5.82 Å². The van der Waals surface area contributed by atoms with Gasteiger partial charge >= 0.3 is 0 Å². The number of imidazole rings is 1. The predicted molar refractivity (Wildman–Crippen MR) is 135 cm³/mol. The van der Waals surface area contributed by atoms with Crippen LogP contribution in [0, 0.1) is 12.7 Å². The molecule has 0 radical (unpaired) electrons. The molecule has 9 nitrogen and oxygen atoms in total. The van der Waals surface area contributed by atoms with E-state index in [1.54, 1.807) is 59.1 Å². The highest BCUT2D eigenvalue weighted by molar-refractivity contribution is 5.96. The zero-order chi connectivity index (χ0) is 26.2. The molecule has 1 fully saturated rings. The maximum absolute atomic E-state index is 13.6. The van der Waals surface area contributed by atoms with Gasteiger partial charge in [0.15, 0.2) is 11.5 Å². The van der Waals surface area contributed by atoms with Crippen LogP contribution in [-0.2, 0) is 11.2 Å². The molecule has 4 heterocycles. The quantitative estimate of drug-likeness (QED) is 0.433. The highest BCUT2D eigenvalue weighted by Crippen LogP contribution is 2.28.